The molecule has 4 heteroatoms. The second kappa shape index (κ2) is 5.08. The molecule has 18 heavy (non-hydrogen) atoms. The van der Waals surface area contributed by atoms with Crippen LogP contribution in [0.5, 0.6) is 0 Å². The molecule has 0 aromatic heterocycles. The van der Waals surface area contributed by atoms with E-state index in [-0.39, 0.29) is 11.8 Å². The van der Waals surface area contributed by atoms with Crippen molar-refractivity contribution in [2.75, 3.05) is 0 Å². The molecule has 1 amide bonds. The summed E-state index contributed by atoms with van der Waals surface area (Å²) in [6, 6.07) is 7.45. The van der Waals surface area contributed by atoms with Crippen LogP contribution in [0.1, 0.15) is 30.4 Å². The monoisotopic (exact) mass is 249 g/mol. The summed E-state index contributed by atoms with van der Waals surface area (Å²) in [4.78, 5) is 11.2. The van der Waals surface area contributed by atoms with Gasteiger partial charge in [0.05, 0.1) is 12.1 Å². The Kier molecular flexibility index (Phi) is 3.68. The minimum Gasteiger partial charge on any atom is -0.390 e. The van der Waals surface area contributed by atoms with Gasteiger partial charge in [-0.15, -0.1) is 0 Å². The first kappa shape index (κ1) is 13.1. The van der Waals surface area contributed by atoms with Gasteiger partial charge in [0.2, 0.25) is 5.91 Å². The van der Waals surface area contributed by atoms with E-state index in [2.05, 4.69) is 5.32 Å². The van der Waals surface area contributed by atoms with Crippen LogP contribution in [0.2, 0.25) is 0 Å². The van der Waals surface area contributed by atoms with Gasteiger partial charge in [0.15, 0.2) is 0 Å². The number of hydrogen-bond acceptors (Lipinski definition) is 3. The van der Waals surface area contributed by atoms with Crippen molar-refractivity contribution in [2.45, 2.75) is 44.4 Å². The average molecular weight is 249 g/mol. The Balaban J connectivity index is 2.30. The smallest absolute Gasteiger partial charge is 0.217 e. The fraction of sp³-hybridized carbons (Fsp3) is 0.500. The number of nitrogens with one attached hydrogen (secondary N) is 1. The molecule has 1 aromatic rings. The van der Waals surface area contributed by atoms with E-state index < -0.39 is 18.2 Å². The Morgan fingerprint density at radius 2 is 2.00 bits per heavy atom. The number of aliphatic hydroxyl groups excluding tert-OH is 2. The van der Waals surface area contributed by atoms with Crippen LogP contribution < -0.4 is 5.32 Å². The topological polar surface area (TPSA) is 69.6 Å². The summed E-state index contributed by atoms with van der Waals surface area (Å²) in [5.41, 5.74) is 2.19. The molecular formula is C14H19NO3. The van der Waals surface area contributed by atoms with Crippen molar-refractivity contribution in [3.8, 4) is 0 Å². The van der Waals surface area contributed by atoms with Crippen LogP contribution >= 0.6 is 0 Å². The van der Waals surface area contributed by atoms with Gasteiger partial charge in [0.25, 0.3) is 0 Å². The molecule has 4 atom stereocenters. The minimum absolute atomic E-state index is 0.0416. The maximum Gasteiger partial charge on any atom is 0.217 e. The molecule has 0 spiro atoms. The van der Waals surface area contributed by atoms with Gasteiger partial charge in [-0.2, -0.15) is 0 Å². The predicted molar refractivity (Wildman–Crippen MR) is 68.2 cm³/mol. The van der Waals surface area contributed by atoms with Gasteiger partial charge in [-0.1, -0.05) is 24.3 Å². The third-order valence-corrected chi connectivity index (χ3v) is 3.65. The van der Waals surface area contributed by atoms with E-state index in [0.717, 1.165) is 11.1 Å². The molecule has 0 unspecified atom stereocenters. The zero-order chi connectivity index (χ0) is 13.3. The largest absolute Gasteiger partial charge is 0.390 e. The summed E-state index contributed by atoms with van der Waals surface area (Å²) in [5.74, 6) is -0.230. The Labute approximate surface area is 107 Å². The van der Waals surface area contributed by atoms with E-state index in [1.54, 1.807) is 0 Å². The molecule has 0 bridgehead atoms. The summed E-state index contributed by atoms with van der Waals surface area (Å²) in [5, 5.41) is 22.5. The molecule has 0 radical (unpaired) electrons. The SMILES string of the molecule is CC(=O)N[C@H]1[C@H](O)[C@H](O)C[C@@H]1c1ccccc1C. The third-order valence-electron chi connectivity index (χ3n) is 3.65. The standard InChI is InChI=1S/C14H19NO3/c1-8-5-3-4-6-10(8)11-7-12(17)14(18)13(11)15-9(2)16/h3-6,11-14,17-18H,7H2,1-2H3,(H,15,16)/t11-,12-,13-,14-/m1/s1. The zero-order valence-electron chi connectivity index (χ0n) is 10.6. The quantitative estimate of drug-likeness (QED) is 0.723. The first-order chi connectivity index (χ1) is 8.50. The number of aliphatic hydroxyl groups is 2. The fourth-order valence-corrected chi connectivity index (χ4v) is 2.77. The highest BCUT2D eigenvalue weighted by Gasteiger charge is 2.43. The Morgan fingerprint density at radius 3 is 2.61 bits per heavy atom. The van der Waals surface area contributed by atoms with Crippen LogP contribution in [-0.2, 0) is 4.79 Å². The summed E-state index contributed by atoms with van der Waals surface area (Å²) >= 11 is 0. The number of aryl methyl sites for hydroxylation is 1. The van der Waals surface area contributed by atoms with Crippen molar-refractivity contribution in [3.63, 3.8) is 0 Å². The summed E-state index contributed by atoms with van der Waals surface area (Å²) in [6.45, 7) is 3.42. The van der Waals surface area contributed by atoms with E-state index in [1.807, 2.05) is 31.2 Å². The molecule has 1 aliphatic rings. The summed E-state index contributed by atoms with van der Waals surface area (Å²) in [7, 11) is 0. The molecule has 4 nitrogen and oxygen atoms in total. The van der Waals surface area contributed by atoms with Crippen LogP contribution in [-0.4, -0.2) is 34.4 Å². The van der Waals surface area contributed by atoms with E-state index in [4.69, 9.17) is 0 Å². The first-order valence-electron chi connectivity index (χ1n) is 6.19. The van der Waals surface area contributed by atoms with Crippen molar-refractivity contribution >= 4 is 5.91 Å². The number of carbonyl (C=O) groups excluding carboxylic acids is 1. The van der Waals surface area contributed by atoms with Crippen molar-refractivity contribution in [1.29, 1.82) is 0 Å². The number of carbonyl (C=O) groups is 1. The van der Waals surface area contributed by atoms with Gasteiger partial charge in [-0.25, -0.2) is 0 Å². The van der Waals surface area contributed by atoms with E-state index in [0.29, 0.717) is 6.42 Å². The highest BCUT2D eigenvalue weighted by atomic mass is 16.3. The van der Waals surface area contributed by atoms with E-state index in [1.165, 1.54) is 6.92 Å². The summed E-state index contributed by atoms with van der Waals surface area (Å²) < 4.78 is 0. The van der Waals surface area contributed by atoms with Crippen LogP contribution in [0.4, 0.5) is 0 Å². The van der Waals surface area contributed by atoms with Crippen molar-refractivity contribution in [2.24, 2.45) is 0 Å². The lowest BCUT2D eigenvalue weighted by molar-refractivity contribution is -0.120. The molecule has 2 rings (SSSR count). The van der Waals surface area contributed by atoms with E-state index >= 15 is 0 Å². The zero-order valence-corrected chi connectivity index (χ0v) is 10.6. The van der Waals surface area contributed by atoms with Crippen LogP contribution in [0.3, 0.4) is 0 Å². The fourth-order valence-electron chi connectivity index (χ4n) is 2.77. The average Bonchev–Trinajstić information content (AvgIpc) is 2.57. The molecule has 0 heterocycles. The number of rotatable bonds is 2. The first-order valence-corrected chi connectivity index (χ1v) is 6.19. The van der Waals surface area contributed by atoms with Crippen LogP contribution in [0, 0.1) is 6.92 Å². The van der Waals surface area contributed by atoms with Crippen molar-refractivity contribution in [3.05, 3.63) is 35.4 Å². The van der Waals surface area contributed by atoms with Crippen molar-refractivity contribution in [1.82, 2.24) is 5.32 Å². The number of hydrogen-bond donors (Lipinski definition) is 3. The van der Waals surface area contributed by atoms with Gasteiger partial charge in [0.1, 0.15) is 6.10 Å². The van der Waals surface area contributed by atoms with Gasteiger partial charge < -0.3 is 15.5 Å². The molecule has 98 valence electrons. The normalized spacial score (nSPS) is 31.3. The van der Waals surface area contributed by atoms with Crippen LogP contribution in [0.25, 0.3) is 0 Å². The maximum atomic E-state index is 11.2. The maximum absolute atomic E-state index is 11.2. The van der Waals surface area contributed by atoms with E-state index in [9.17, 15) is 15.0 Å². The van der Waals surface area contributed by atoms with Gasteiger partial charge in [-0.3, -0.25) is 4.79 Å². The third kappa shape index (κ3) is 2.40. The molecule has 1 aliphatic carbocycles. The molecule has 1 fully saturated rings. The second-order valence-electron chi connectivity index (χ2n) is 4.98. The number of benzene rings is 1. The molecule has 0 saturated heterocycles. The van der Waals surface area contributed by atoms with Gasteiger partial charge >= 0.3 is 0 Å². The lowest BCUT2D eigenvalue weighted by Gasteiger charge is -2.24. The molecular weight excluding hydrogens is 230 g/mol. The van der Waals surface area contributed by atoms with Gasteiger partial charge in [-0.05, 0) is 24.5 Å². The lowest BCUT2D eigenvalue weighted by Crippen LogP contribution is -2.44. The van der Waals surface area contributed by atoms with Crippen LogP contribution in [0.15, 0.2) is 24.3 Å². The Hall–Kier alpha value is -1.39. The highest BCUT2D eigenvalue weighted by molar-refractivity contribution is 5.73. The Bertz CT molecular complexity index is 446. The predicted octanol–water partition coefficient (Wildman–Crippen LogP) is 0.709. The Morgan fingerprint density at radius 1 is 1.33 bits per heavy atom. The number of amides is 1. The summed E-state index contributed by atoms with van der Waals surface area (Å²) in [6.07, 6.45) is -1.22. The minimum atomic E-state index is -0.904. The molecule has 1 aromatic carbocycles. The lowest BCUT2D eigenvalue weighted by atomic mass is 9.90. The highest BCUT2D eigenvalue weighted by Crippen LogP contribution is 2.36. The molecule has 0 aliphatic heterocycles. The van der Waals surface area contributed by atoms with Crippen molar-refractivity contribution < 1.29 is 15.0 Å². The van der Waals surface area contributed by atoms with Gasteiger partial charge in [0, 0.05) is 12.8 Å². The molecule has 3 N–H and O–H groups in total. The second-order valence-corrected chi connectivity index (χ2v) is 4.98. The molecule has 1 saturated carbocycles.